The largest absolute Gasteiger partial charge is 0.353 e. The number of nitrogens with zero attached hydrogens (tertiary/aromatic N) is 10. The molecular weight excluding hydrogens is 1300 g/mol. The first-order valence-corrected chi connectivity index (χ1v) is 34.1. The van der Waals surface area contributed by atoms with Gasteiger partial charge in [0.05, 0.1) is 142 Å². The van der Waals surface area contributed by atoms with Crippen molar-refractivity contribution in [2.45, 2.75) is 52.4 Å². The molecule has 20 nitrogen and oxygen atoms in total. The van der Waals surface area contributed by atoms with Crippen LogP contribution in [0.2, 0.25) is 0 Å². The van der Waals surface area contributed by atoms with Crippen LogP contribution in [0.5, 0.6) is 0 Å². The third kappa shape index (κ3) is 11.4. The lowest BCUT2D eigenvalue weighted by atomic mass is 10.1. The number of nitrogens with one attached hydrogen (secondary N) is 2. The van der Waals surface area contributed by atoms with Gasteiger partial charge in [0.2, 0.25) is 0 Å². The van der Waals surface area contributed by atoms with E-state index in [4.69, 9.17) is 9.97 Å². The highest BCUT2D eigenvalue weighted by Crippen LogP contribution is 2.39. The average Bonchev–Trinajstić information content (AvgIpc) is 1.56. The van der Waals surface area contributed by atoms with Crippen LogP contribution in [0.3, 0.4) is 0 Å². The number of aromatic nitrogens is 12. The maximum Gasteiger partial charge on any atom is 0.332 e. The molecule has 0 unspecified atom stereocenters. The smallest absolute Gasteiger partial charge is 0.332 e. The van der Waals surface area contributed by atoms with Crippen LogP contribution in [-0.4, -0.2) is 56.5 Å². The van der Waals surface area contributed by atoms with Crippen molar-refractivity contribution < 1.29 is 0 Å². The molecule has 8 aromatic carbocycles. The van der Waals surface area contributed by atoms with E-state index in [2.05, 4.69) is 9.97 Å². The normalized spacial score (nSPS) is 11.7. The highest BCUT2D eigenvalue weighted by Gasteiger charge is 2.33. The molecule has 0 fully saturated rings. The van der Waals surface area contributed by atoms with Gasteiger partial charge in [0, 0.05) is 0 Å². The summed E-state index contributed by atoms with van der Waals surface area (Å²) in [4.78, 5) is 146. The number of fused-ring (bicyclic) bond motifs is 20. The number of rotatable bonds is 16. The summed E-state index contributed by atoms with van der Waals surface area (Å²) in [6.07, 6.45) is 0. The van der Waals surface area contributed by atoms with Gasteiger partial charge in [0.1, 0.15) is 0 Å². The van der Waals surface area contributed by atoms with Crippen LogP contribution in [0.1, 0.15) is 44.5 Å². The second kappa shape index (κ2) is 26.3. The van der Waals surface area contributed by atoms with E-state index in [1.165, 1.54) is 36.5 Å². The molecule has 0 radical (unpaired) electrons. The fraction of sp³-hybridized carbons (Fsp3) is 0.0952. The standard InChI is InChI=1S/C84H62N12O8/c97-77-69-61-42-66-74-71(79(99)95(51-59-37-21-7-22-38-59)82(102)90(74)46-54-27-11-2-12-28-54)63(87-66)44-68-76-72(80(100)96(52-60-39-23-8-24-40-60)84(104)92(76)48-56-31-15-4-16-32-56)64(88-68)43-67-75-70(78(98)94(50-58-35-19-6-20-36-58)83(103)91(75)47-55-29-13-3-14-30-55)62(86-67)41-65(85-61)73(69)89(45-53-25-9-1-10-26-53)81(101)93(77)49-57-33-17-5-18-34-57/h1-44,85,88H,45-52H2. The van der Waals surface area contributed by atoms with Crippen LogP contribution in [0.4, 0.5) is 0 Å². The molecule has 0 atom stereocenters. The monoisotopic (exact) mass is 1370 g/mol. The Labute approximate surface area is 589 Å². The van der Waals surface area contributed by atoms with Crippen molar-refractivity contribution in [1.82, 2.24) is 56.5 Å². The van der Waals surface area contributed by atoms with Crippen molar-refractivity contribution in [3.8, 4) is 45.3 Å². The number of hydrogen-bond donors (Lipinski definition) is 2. The van der Waals surface area contributed by atoms with Crippen molar-refractivity contribution in [3.05, 3.63) is 395 Å². The second-order valence-corrected chi connectivity index (χ2v) is 26.1. The molecule has 0 spiro atoms. The Hall–Kier alpha value is -13.9. The van der Waals surface area contributed by atoms with E-state index < -0.39 is 45.0 Å². The van der Waals surface area contributed by atoms with Gasteiger partial charge in [-0.05, 0) is 68.8 Å². The summed E-state index contributed by atoms with van der Waals surface area (Å²) >= 11 is 0. The molecule has 2 aliphatic heterocycles. The van der Waals surface area contributed by atoms with E-state index >= 15 is 38.4 Å². The molecule has 0 saturated heterocycles. The van der Waals surface area contributed by atoms with Crippen LogP contribution >= 0.6 is 0 Å². The Balaban J connectivity index is 1.10. The van der Waals surface area contributed by atoms with E-state index in [-0.39, 0.29) is 142 Å². The Morgan fingerprint density at radius 3 is 0.702 bits per heavy atom. The molecule has 2 aliphatic rings. The maximum absolute atomic E-state index is 16.2. The minimum Gasteiger partial charge on any atom is -0.353 e. The minimum atomic E-state index is -0.717. The van der Waals surface area contributed by atoms with E-state index in [1.807, 2.05) is 243 Å². The lowest BCUT2D eigenvalue weighted by Gasteiger charge is -2.16. The van der Waals surface area contributed by atoms with Gasteiger partial charge in [-0.2, -0.15) is 0 Å². The average molecular weight is 1370 g/mol. The number of aromatic amines is 2. The fourth-order valence-corrected chi connectivity index (χ4v) is 14.5. The maximum atomic E-state index is 16.2. The highest BCUT2D eigenvalue weighted by atomic mass is 16.2. The third-order valence-electron chi connectivity index (χ3n) is 19.4. The molecule has 9 heterocycles. The molecule has 17 rings (SSSR count). The van der Waals surface area contributed by atoms with Crippen molar-refractivity contribution >= 4 is 43.9 Å². The molecule has 0 amide bonds. The van der Waals surface area contributed by atoms with Gasteiger partial charge in [-0.1, -0.05) is 243 Å². The van der Waals surface area contributed by atoms with E-state index in [0.717, 1.165) is 0 Å². The van der Waals surface area contributed by atoms with Gasteiger partial charge in [-0.3, -0.25) is 55.7 Å². The number of hydrogen-bond acceptors (Lipinski definition) is 10. The first kappa shape index (κ1) is 63.6. The van der Waals surface area contributed by atoms with Gasteiger partial charge in [-0.25, -0.2) is 29.1 Å². The summed E-state index contributed by atoms with van der Waals surface area (Å²) in [6.45, 7) is -0.855. The van der Waals surface area contributed by atoms with Gasteiger partial charge in [-0.15, -0.1) is 0 Å². The predicted molar refractivity (Wildman–Crippen MR) is 403 cm³/mol. The molecule has 2 N–H and O–H groups in total. The molecule has 0 saturated carbocycles. The fourth-order valence-electron chi connectivity index (χ4n) is 14.5. The summed E-state index contributed by atoms with van der Waals surface area (Å²) in [7, 11) is 0. The Morgan fingerprint density at radius 2 is 0.442 bits per heavy atom. The van der Waals surface area contributed by atoms with Gasteiger partial charge in [0.15, 0.2) is 0 Å². The summed E-state index contributed by atoms with van der Waals surface area (Å²) in [5.41, 5.74) is 0.796. The van der Waals surface area contributed by atoms with Crippen LogP contribution < -0.4 is 45.0 Å². The lowest BCUT2D eigenvalue weighted by molar-refractivity contribution is 0.621. The predicted octanol–water partition coefficient (Wildman–Crippen LogP) is 11.0. The van der Waals surface area contributed by atoms with Gasteiger partial charge < -0.3 is 9.97 Å². The number of H-pyrrole nitrogens is 2. The van der Waals surface area contributed by atoms with Crippen LogP contribution in [-0.2, 0) is 52.4 Å². The van der Waals surface area contributed by atoms with Crippen molar-refractivity contribution in [3.63, 3.8) is 0 Å². The first-order valence-electron chi connectivity index (χ1n) is 34.1. The molecule has 506 valence electrons. The number of benzene rings is 8. The topological polar surface area (TPSA) is 233 Å². The highest BCUT2D eigenvalue weighted by molar-refractivity contribution is 6.08. The molecule has 104 heavy (non-hydrogen) atoms. The van der Waals surface area contributed by atoms with E-state index in [0.29, 0.717) is 44.5 Å². The molecule has 0 aliphatic carbocycles. The molecule has 15 aromatic rings. The minimum absolute atomic E-state index is 0.00417. The summed E-state index contributed by atoms with van der Waals surface area (Å²) in [6, 6.07) is 80.0. The summed E-state index contributed by atoms with van der Waals surface area (Å²) in [5.74, 6) is 0. The zero-order valence-electron chi connectivity index (χ0n) is 55.8. The SMILES string of the molecule is O=c1c2c(n(Cc3ccccc3)c(=O)n1Cc1ccccc1)-c1cc3[nH]c(cc4nc(cc5[nH]c(cc-2n1)c1c5c(=O)n(Cc2ccccc2)c(=O)n1Cc1ccccc1)-c1c-4c(=O)n(Cc2ccccc2)c(=O)n1Cc1ccccc1)c1c3c(=O)n(Cc2ccccc2)c(=O)n1Cc1ccccc1. The summed E-state index contributed by atoms with van der Waals surface area (Å²) in [5, 5.41) is 0.00833. The molecular formula is C84H62N12O8. The van der Waals surface area contributed by atoms with Crippen LogP contribution in [0, 0.1) is 0 Å². The summed E-state index contributed by atoms with van der Waals surface area (Å²) < 4.78 is 10.7. The van der Waals surface area contributed by atoms with Crippen LogP contribution in [0.15, 0.2) is 305 Å². The Morgan fingerprint density at radius 1 is 0.231 bits per heavy atom. The van der Waals surface area contributed by atoms with Crippen molar-refractivity contribution in [2.24, 2.45) is 0 Å². The lowest BCUT2D eigenvalue weighted by Crippen LogP contribution is -2.41. The molecule has 20 heteroatoms. The zero-order valence-corrected chi connectivity index (χ0v) is 55.8. The zero-order chi connectivity index (χ0) is 70.7. The Kier molecular flexibility index (Phi) is 16.1. The molecule has 8 bridgehead atoms. The quantitative estimate of drug-likeness (QED) is 0.0928. The first-order chi connectivity index (χ1) is 50.9. The molecule has 7 aromatic heterocycles. The van der Waals surface area contributed by atoms with Crippen molar-refractivity contribution in [1.29, 1.82) is 0 Å². The van der Waals surface area contributed by atoms with Crippen molar-refractivity contribution in [2.75, 3.05) is 0 Å². The Bertz CT molecular complexity index is 6240. The van der Waals surface area contributed by atoms with Gasteiger partial charge >= 0.3 is 22.8 Å². The van der Waals surface area contributed by atoms with Gasteiger partial charge in [0.25, 0.3) is 22.2 Å². The second-order valence-electron chi connectivity index (χ2n) is 26.1. The van der Waals surface area contributed by atoms with E-state index in [1.54, 1.807) is 24.3 Å². The van der Waals surface area contributed by atoms with Crippen LogP contribution in [0.25, 0.3) is 89.2 Å². The van der Waals surface area contributed by atoms with E-state index in [9.17, 15) is 0 Å². The third-order valence-corrected chi connectivity index (χ3v) is 19.4.